The molecular weight excluding hydrogens is 175 g/mol. The molecule has 0 saturated heterocycles. The maximum Gasteiger partial charge on any atom is 0.511 e. The van der Waals surface area contributed by atoms with Gasteiger partial charge in [0.05, 0.1) is 0 Å². The van der Waals surface area contributed by atoms with Crippen LogP contribution in [0, 0.1) is 0 Å². The van der Waals surface area contributed by atoms with Crippen molar-refractivity contribution < 1.29 is 26.7 Å². The highest BCUT2D eigenvalue weighted by Gasteiger charge is 2.45. The third kappa shape index (κ3) is 2.12. The minimum atomic E-state index is -5.35. The average Bonchev–Trinajstić information content (AvgIpc) is 1.61. The van der Waals surface area contributed by atoms with Gasteiger partial charge >= 0.3 is 15.5 Å². The van der Waals surface area contributed by atoms with Gasteiger partial charge in [0, 0.05) is 0 Å². The topological polar surface area (TPSA) is 66.4 Å². The van der Waals surface area contributed by atoms with Crippen molar-refractivity contribution in [3.05, 3.63) is 0 Å². The second kappa shape index (κ2) is 2.72. The molecule has 0 aliphatic carbocycles. The van der Waals surface area contributed by atoms with Crippen LogP contribution >= 0.6 is 0 Å². The summed E-state index contributed by atoms with van der Waals surface area (Å²) in [5.74, 6) is 0. The lowest BCUT2D eigenvalue weighted by molar-refractivity contribution is -0.0453. The van der Waals surface area contributed by atoms with Gasteiger partial charge in [-0.1, -0.05) is 0 Å². The molecule has 0 aromatic carbocycles. The van der Waals surface area contributed by atoms with Crippen LogP contribution in [0.15, 0.2) is 0 Å². The highest BCUT2D eigenvalue weighted by molar-refractivity contribution is 7.90. The summed E-state index contributed by atoms with van der Waals surface area (Å²) in [6.45, 7) is -1.26. The lowest BCUT2D eigenvalue weighted by atomic mass is 11.4. The van der Waals surface area contributed by atoms with Crippen molar-refractivity contribution in [1.29, 1.82) is 0 Å². The maximum atomic E-state index is 11.3. The van der Waals surface area contributed by atoms with Gasteiger partial charge in [0.1, 0.15) is 6.73 Å². The molecule has 0 fully saturated rings. The van der Waals surface area contributed by atoms with Crippen LogP contribution in [0.2, 0.25) is 0 Å². The van der Waals surface area contributed by atoms with Crippen LogP contribution in [-0.2, 0) is 10.0 Å². The van der Waals surface area contributed by atoms with Crippen molar-refractivity contribution in [3.63, 3.8) is 0 Å². The fourth-order valence-electron chi connectivity index (χ4n) is 0.167. The third-order valence-corrected chi connectivity index (χ3v) is 1.68. The number of alkyl halides is 3. The molecule has 0 spiro atoms. The van der Waals surface area contributed by atoms with E-state index < -0.39 is 22.3 Å². The number of sulfonamides is 1. The van der Waals surface area contributed by atoms with E-state index >= 15 is 0 Å². The zero-order chi connectivity index (χ0) is 8.41. The molecule has 8 heteroatoms. The molecule has 62 valence electrons. The van der Waals surface area contributed by atoms with Gasteiger partial charge < -0.3 is 5.11 Å². The minimum Gasteiger partial charge on any atom is -0.380 e. The van der Waals surface area contributed by atoms with Crippen molar-refractivity contribution in [2.45, 2.75) is 5.51 Å². The Bertz CT molecular complexity index is 194. The first kappa shape index (κ1) is 9.66. The summed E-state index contributed by atoms with van der Waals surface area (Å²) >= 11 is 0. The quantitative estimate of drug-likeness (QED) is 0.555. The lowest BCUT2D eigenvalue weighted by Crippen LogP contribution is -2.36. The number of halogens is 3. The van der Waals surface area contributed by atoms with Gasteiger partial charge in [-0.15, -0.1) is 0 Å². The van der Waals surface area contributed by atoms with Gasteiger partial charge in [-0.3, -0.25) is 0 Å². The normalized spacial score (nSPS) is 13.6. The van der Waals surface area contributed by atoms with Crippen molar-refractivity contribution in [2.24, 2.45) is 0 Å². The van der Waals surface area contributed by atoms with Crippen molar-refractivity contribution in [3.8, 4) is 0 Å². The van der Waals surface area contributed by atoms with E-state index in [1.54, 1.807) is 0 Å². The second-order valence-electron chi connectivity index (χ2n) is 1.25. The van der Waals surface area contributed by atoms with Crippen LogP contribution in [0.3, 0.4) is 0 Å². The third-order valence-electron chi connectivity index (χ3n) is 0.559. The molecule has 0 aliphatic rings. The fraction of sp³-hybridized carbons (Fsp3) is 1.00. The summed E-state index contributed by atoms with van der Waals surface area (Å²) in [4.78, 5) is 0. The Balaban J connectivity index is 4.44. The van der Waals surface area contributed by atoms with Crippen LogP contribution in [0.1, 0.15) is 0 Å². The predicted octanol–water partition coefficient (Wildman–Crippen LogP) is -0.625. The Labute approximate surface area is 54.7 Å². The molecule has 0 atom stereocenters. The Morgan fingerprint density at radius 3 is 1.90 bits per heavy atom. The van der Waals surface area contributed by atoms with Crippen molar-refractivity contribution in [1.82, 2.24) is 4.72 Å². The van der Waals surface area contributed by atoms with E-state index in [9.17, 15) is 21.6 Å². The lowest BCUT2D eigenvalue weighted by Gasteiger charge is -2.05. The first-order chi connectivity index (χ1) is 4.31. The molecule has 2 N–H and O–H groups in total. The number of aliphatic hydroxyl groups is 1. The van der Waals surface area contributed by atoms with Crippen LogP contribution in [0.4, 0.5) is 13.2 Å². The van der Waals surface area contributed by atoms with Crippen LogP contribution in [0.5, 0.6) is 0 Å². The molecule has 0 unspecified atom stereocenters. The molecule has 0 saturated carbocycles. The van der Waals surface area contributed by atoms with Gasteiger partial charge in [0.25, 0.3) is 0 Å². The molecule has 0 rings (SSSR count). The highest BCUT2D eigenvalue weighted by Crippen LogP contribution is 2.20. The first-order valence-electron chi connectivity index (χ1n) is 1.98. The second-order valence-corrected chi connectivity index (χ2v) is 3.01. The van der Waals surface area contributed by atoms with Crippen LogP contribution in [0.25, 0.3) is 0 Å². The zero-order valence-electron chi connectivity index (χ0n) is 4.51. The summed E-state index contributed by atoms with van der Waals surface area (Å²) in [5, 5.41) is 7.77. The minimum absolute atomic E-state index is 0.865. The first-order valence-corrected chi connectivity index (χ1v) is 3.46. The van der Waals surface area contributed by atoms with E-state index in [0.29, 0.717) is 0 Å². The molecule has 0 heterocycles. The molecule has 4 nitrogen and oxygen atoms in total. The van der Waals surface area contributed by atoms with Gasteiger partial charge in [0.2, 0.25) is 0 Å². The van der Waals surface area contributed by atoms with Crippen molar-refractivity contribution in [2.75, 3.05) is 6.73 Å². The summed E-state index contributed by atoms with van der Waals surface area (Å²) < 4.78 is 54.4. The Hall–Kier alpha value is -0.340. The molecule has 0 aliphatic heterocycles. The van der Waals surface area contributed by atoms with E-state index in [0.717, 1.165) is 4.72 Å². The van der Waals surface area contributed by atoms with Gasteiger partial charge in [-0.2, -0.15) is 17.9 Å². The number of hydrogen-bond acceptors (Lipinski definition) is 3. The molecule has 0 bridgehead atoms. The Morgan fingerprint density at radius 1 is 1.40 bits per heavy atom. The van der Waals surface area contributed by atoms with E-state index in [-0.39, 0.29) is 0 Å². The van der Waals surface area contributed by atoms with E-state index in [2.05, 4.69) is 0 Å². The maximum absolute atomic E-state index is 11.3. The number of hydrogen-bond donors (Lipinski definition) is 2. The fourth-order valence-corrected chi connectivity index (χ4v) is 0.500. The SMILES string of the molecule is O=S(=O)(NCO)C(F)(F)F. The predicted molar refractivity (Wildman–Crippen MR) is 25.2 cm³/mol. The molecule has 0 aromatic heterocycles. The van der Waals surface area contributed by atoms with Crippen molar-refractivity contribution >= 4 is 10.0 Å². The smallest absolute Gasteiger partial charge is 0.380 e. The van der Waals surface area contributed by atoms with Crippen LogP contribution < -0.4 is 4.72 Å². The number of aliphatic hydroxyl groups excluding tert-OH is 1. The molecule has 0 amide bonds. The number of rotatable bonds is 2. The largest absolute Gasteiger partial charge is 0.511 e. The summed E-state index contributed by atoms with van der Waals surface area (Å²) in [7, 11) is -5.35. The Morgan fingerprint density at radius 2 is 1.80 bits per heavy atom. The van der Waals surface area contributed by atoms with Gasteiger partial charge in [0.15, 0.2) is 0 Å². The summed E-state index contributed by atoms with van der Waals surface area (Å²) in [5.41, 5.74) is -5.35. The van der Waals surface area contributed by atoms with Crippen LogP contribution in [-0.4, -0.2) is 25.8 Å². The van der Waals surface area contributed by atoms with E-state index in [1.807, 2.05) is 0 Å². The molecule has 0 radical (unpaired) electrons. The zero-order valence-corrected chi connectivity index (χ0v) is 5.33. The average molecular weight is 179 g/mol. The molecule has 0 aromatic rings. The molecular formula is C2H4F3NO3S. The summed E-state index contributed by atoms with van der Waals surface area (Å²) in [6, 6.07) is 0. The standard InChI is InChI=1S/C2H4F3NO3S/c3-2(4,5)10(8,9)6-1-7/h6-7H,1H2. The van der Waals surface area contributed by atoms with E-state index in [4.69, 9.17) is 5.11 Å². The van der Waals surface area contributed by atoms with Gasteiger partial charge in [-0.25, -0.2) is 8.42 Å². The number of nitrogens with one attached hydrogen (secondary N) is 1. The molecule has 10 heavy (non-hydrogen) atoms. The monoisotopic (exact) mass is 179 g/mol. The highest BCUT2D eigenvalue weighted by atomic mass is 32.2. The Kier molecular flexibility index (Phi) is 2.63. The van der Waals surface area contributed by atoms with E-state index in [1.165, 1.54) is 0 Å². The van der Waals surface area contributed by atoms with Gasteiger partial charge in [-0.05, 0) is 0 Å². The summed E-state index contributed by atoms with van der Waals surface area (Å²) in [6.07, 6.45) is 0.